The molecule has 1 aromatic heterocycles. The van der Waals surface area contributed by atoms with Crippen molar-refractivity contribution in [3.8, 4) is 16.3 Å². The molecule has 0 spiro atoms. The summed E-state index contributed by atoms with van der Waals surface area (Å²) in [6, 6.07) is 17.1. The Hall–Kier alpha value is -2.66. The molecule has 3 rings (SSSR count). The number of nitrogens with zero attached hydrogens (tertiary/aromatic N) is 1. The summed E-state index contributed by atoms with van der Waals surface area (Å²) < 4.78 is 5.11. The van der Waals surface area contributed by atoms with Gasteiger partial charge < -0.3 is 10.1 Å². The Labute approximate surface area is 138 Å². The van der Waals surface area contributed by atoms with Gasteiger partial charge in [-0.15, -0.1) is 11.3 Å². The van der Waals surface area contributed by atoms with Crippen LogP contribution in [0.2, 0.25) is 0 Å². The van der Waals surface area contributed by atoms with Crippen LogP contribution >= 0.6 is 11.3 Å². The first-order valence-corrected chi connectivity index (χ1v) is 7.97. The Morgan fingerprint density at radius 3 is 2.43 bits per heavy atom. The van der Waals surface area contributed by atoms with Crippen LogP contribution in [-0.2, 0) is 0 Å². The first-order valence-electron chi connectivity index (χ1n) is 7.15. The van der Waals surface area contributed by atoms with Gasteiger partial charge in [-0.05, 0) is 31.2 Å². The van der Waals surface area contributed by atoms with E-state index >= 15 is 0 Å². The standard InChI is InChI=1S/C18H16N2O2S/c1-12-16(23-18(19-12)13-6-4-3-5-7-13)17(21)20-14-8-10-15(22-2)11-9-14/h3-11H,1-2H3,(H,20,21). The van der Waals surface area contributed by atoms with Crippen LogP contribution in [0.15, 0.2) is 54.6 Å². The maximum Gasteiger partial charge on any atom is 0.267 e. The first kappa shape index (κ1) is 15.2. The topological polar surface area (TPSA) is 51.2 Å². The number of amides is 1. The molecule has 0 fully saturated rings. The number of carbonyl (C=O) groups excluding carboxylic acids is 1. The predicted molar refractivity (Wildman–Crippen MR) is 93.2 cm³/mol. The van der Waals surface area contributed by atoms with E-state index in [9.17, 15) is 4.79 Å². The van der Waals surface area contributed by atoms with E-state index in [4.69, 9.17) is 4.74 Å². The molecule has 0 aliphatic rings. The van der Waals surface area contributed by atoms with Gasteiger partial charge in [0.25, 0.3) is 5.91 Å². The number of ether oxygens (including phenoxy) is 1. The second-order valence-electron chi connectivity index (χ2n) is 4.98. The number of aromatic nitrogens is 1. The van der Waals surface area contributed by atoms with E-state index in [1.54, 1.807) is 7.11 Å². The van der Waals surface area contributed by atoms with Gasteiger partial charge in [-0.2, -0.15) is 0 Å². The van der Waals surface area contributed by atoms with E-state index in [1.807, 2.05) is 61.5 Å². The third-order valence-corrected chi connectivity index (χ3v) is 4.58. The fourth-order valence-electron chi connectivity index (χ4n) is 2.17. The molecule has 3 aromatic rings. The lowest BCUT2D eigenvalue weighted by Gasteiger charge is -2.05. The predicted octanol–water partition coefficient (Wildman–Crippen LogP) is 4.38. The van der Waals surface area contributed by atoms with Crippen LogP contribution in [0, 0.1) is 6.92 Å². The lowest BCUT2D eigenvalue weighted by atomic mass is 10.2. The summed E-state index contributed by atoms with van der Waals surface area (Å²) in [5, 5.41) is 3.74. The fraction of sp³-hybridized carbons (Fsp3) is 0.111. The van der Waals surface area contributed by atoms with Crippen molar-refractivity contribution in [1.82, 2.24) is 4.98 Å². The molecule has 0 aliphatic heterocycles. The molecule has 1 N–H and O–H groups in total. The SMILES string of the molecule is COc1ccc(NC(=O)c2sc(-c3ccccc3)nc2C)cc1. The highest BCUT2D eigenvalue weighted by Gasteiger charge is 2.16. The van der Waals surface area contributed by atoms with Crippen LogP contribution in [0.3, 0.4) is 0 Å². The molecule has 1 amide bonds. The molecule has 5 heteroatoms. The van der Waals surface area contributed by atoms with Crippen molar-refractivity contribution in [3.05, 3.63) is 65.2 Å². The summed E-state index contributed by atoms with van der Waals surface area (Å²) in [4.78, 5) is 17.6. The molecular formula is C18H16N2O2S. The van der Waals surface area contributed by atoms with Gasteiger partial charge in [-0.1, -0.05) is 30.3 Å². The second-order valence-corrected chi connectivity index (χ2v) is 5.98. The molecular weight excluding hydrogens is 308 g/mol. The number of rotatable bonds is 4. The van der Waals surface area contributed by atoms with Gasteiger partial charge in [-0.25, -0.2) is 4.98 Å². The van der Waals surface area contributed by atoms with Crippen molar-refractivity contribution in [2.45, 2.75) is 6.92 Å². The van der Waals surface area contributed by atoms with E-state index in [1.165, 1.54) is 11.3 Å². The normalized spacial score (nSPS) is 10.3. The minimum Gasteiger partial charge on any atom is -0.497 e. The molecule has 23 heavy (non-hydrogen) atoms. The number of nitrogens with one attached hydrogen (secondary N) is 1. The molecule has 0 radical (unpaired) electrons. The van der Waals surface area contributed by atoms with E-state index in [2.05, 4.69) is 10.3 Å². The monoisotopic (exact) mass is 324 g/mol. The molecule has 0 bridgehead atoms. The van der Waals surface area contributed by atoms with Crippen LogP contribution in [0.1, 0.15) is 15.4 Å². The molecule has 116 valence electrons. The molecule has 0 saturated heterocycles. The van der Waals surface area contributed by atoms with Gasteiger partial charge in [0.15, 0.2) is 0 Å². The third-order valence-electron chi connectivity index (χ3n) is 3.37. The van der Waals surface area contributed by atoms with Crippen LogP contribution < -0.4 is 10.1 Å². The molecule has 0 unspecified atom stereocenters. The zero-order valence-corrected chi connectivity index (χ0v) is 13.7. The minimum absolute atomic E-state index is 0.146. The Morgan fingerprint density at radius 1 is 1.09 bits per heavy atom. The minimum atomic E-state index is -0.146. The molecule has 2 aromatic carbocycles. The summed E-state index contributed by atoms with van der Waals surface area (Å²) in [5.41, 5.74) is 2.48. The van der Waals surface area contributed by atoms with Crippen LogP contribution in [0.4, 0.5) is 5.69 Å². The Morgan fingerprint density at radius 2 is 1.78 bits per heavy atom. The van der Waals surface area contributed by atoms with Crippen molar-refractivity contribution in [1.29, 1.82) is 0 Å². The largest absolute Gasteiger partial charge is 0.497 e. The molecule has 0 aliphatic carbocycles. The van der Waals surface area contributed by atoms with Gasteiger partial charge in [0.05, 0.1) is 12.8 Å². The average Bonchev–Trinajstić information content (AvgIpc) is 2.98. The van der Waals surface area contributed by atoms with Crippen molar-refractivity contribution >= 4 is 22.9 Å². The lowest BCUT2D eigenvalue weighted by molar-refractivity contribution is 0.103. The number of benzene rings is 2. The number of carbonyl (C=O) groups is 1. The van der Waals surface area contributed by atoms with E-state index in [0.717, 1.165) is 27.7 Å². The molecule has 0 atom stereocenters. The highest BCUT2D eigenvalue weighted by Crippen LogP contribution is 2.28. The van der Waals surface area contributed by atoms with Gasteiger partial charge >= 0.3 is 0 Å². The van der Waals surface area contributed by atoms with Crippen molar-refractivity contribution in [3.63, 3.8) is 0 Å². The highest BCUT2D eigenvalue weighted by molar-refractivity contribution is 7.17. The van der Waals surface area contributed by atoms with Crippen molar-refractivity contribution < 1.29 is 9.53 Å². The fourth-order valence-corrected chi connectivity index (χ4v) is 3.14. The smallest absolute Gasteiger partial charge is 0.267 e. The summed E-state index contributed by atoms with van der Waals surface area (Å²) in [5.74, 6) is 0.607. The quantitative estimate of drug-likeness (QED) is 0.775. The Balaban J connectivity index is 1.81. The Kier molecular flexibility index (Phi) is 4.39. The second kappa shape index (κ2) is 6.62. The van der Waals surface area contributed by atoms with E-state index in [-0.39, 0.29) is 5.91 Å². The molecule has 1 heterocycles. The molecule has 4 nitrogen and oxygen atoms in total. The van der Waals surface area contributed by atoms with Gasteiger partial charge in [0.2, 0.25) is 0 Å². The van der Waals surface area contributed by atoms with Crippen LogP contribution in [0.25, 0.3) is 10.6 Å². The zero-order valence-electron chi connectivity index (χ0n) is 12.9. The van der Waals surface area contributed by atoms with Crippen molar-refractivity contribution in [2.75, 3.05) is 12.4 Å². The molecule has 0 saturated carbocycles. The number of anilines is 1. The van der Waals surface area contributed by atoms with Crippen LogP contribution in [0.5, 0.6) is 5.75 Å². The van der Waals surface area contributed by atoms with E-state index < -0.39 is 0 Å². The summed E-state index contributed by atoms with van der Waals surface area (Å²) in [6.45, 7) is 1.85. The Bertz CT molecular complexity index is 811. The number of methoxy groups -OCH3 is 1. The van der Waals surface area contributed by atoms with Crippen molar-refractivity contribution in [2.24, 2.45) is 0 Å². The third kappa shape index (κ3) is 3.40. The van der Waals surface area contributed by atoms with Gasteiger partial charge in [-0.3, -0.25) is 4.79 Å². The summed E-state index contributed by atoms with van der Waals surface area (Å²) in [7, 11) is 1.61. The number of thiazole rings is 1. The number of hydrogen-bond donors (Lipinski definition) is 1. The zero-order chi connectivity index (χ0) is 16.2. The number of hydrogen-bond acceptors (Lipinski definition) is 4. The maximum absolute atomic E-state index is 12.5. The summed E-state index contributed by atoms with van der Waals surface area (Å²) in [6.07, 6.45) is 0. The summed E-state index contributed by atoms with van der Waals surface area (Å²) >= 11 is 1.40. The number of aryl methyl sites for hydroxylation is 1. The maximum atomic E-state index is 12.5. The van der Waals surface area contributed by atoms with Gasteiger partial charge in [0, 0.05) is 11.3 Å². The van der Waals surface area contributed by atoms with Gasteiger partial charge in [0.1, 0.15) is 15.6 Å². The van der Waals surface area contributed by atoms with Crippen LogP contribution in [-0.4, -0.2) is 18.0 Å². The lowest BCUT2D eigenvalue weighted by Crippen LogP contribution is -2.11. The average molecular weight is 324 g/mol. The van der Waals surface area contributed by atoms with E-state index in [0.29, 0.717) is 4.88 Å². The highest BCUT2D eigenvalue weighted by atomic mass is 32.1. The first-order chi connectivity index (χ1) is 11.2.